The lowest BCUT2D eigenvalue weighted by Gasteiger charge is -2.03. The predicted octanol–water partition coefficient (Wildman–Crippen LogP) is 1.85. The van der Waals surface area contributed by atoms with Crippen molar-refractivity contribution in [1.29, 1.82) is 0 Å². The van der Waals surface area contributed by atoms with Crippen LogP contribution >= 0.6 is 0 Å². The number of rotatable bonds is 2. The van der Waals surface area contributed by atoms with Crippen LogP contribution < -0.4 is 5.73 Å². The number of fused-ring (bicyclic) bond motifs is 1. The summed E-state index contributed by atoms with van der Waals surface area (Å²) in [6, 6.07) is 5.98. The van der Waals surface area contributed by atoms with E-state index in [-0.39, 0.29) is 11.6 Å². The van der Waals surface area contributed by atoms with Crippen molar-refractivity contribution in [2.24, 2.45) is 0 Å². The summed E-state index contributed by atoms with van der Waals surface area (Å²) in [5.74, 6) is -0.919. The first-order chi connectivity index (χ1) is 8.65. The fourth-order valence-electron chi connectivity index (χ4n) is 2.47. The number of carboxylic acids is 1. The molecular formula is C13H13N3O2. The lowest BCUT2D eigenvalue weighted by Crippen LogP contribution is -1.99. The van der Waals surface area contributed by atoms with Crippen LogP contribution in [0.2, 0.25) is 0 Å². The molecule has 0 bridgehead atoms. The van der Waals surface area contributed by atoms with Crippen molar-refractivity contribution in [3.05, 3.63) is 35.0 Å². The minimum absolute atomic E-state index is 0.0467. The molecule has 1 aromatic heterocycles. The highest BCUT2D eigenvalue weighted by Gasteiger charge is 2.19. The number of imidazole rings is 1. The van der Waals surface area contributed by atoms with E-state index < -0.39 is 5.97 Å². The number of aryl methyl sites for hydroxylation is 2. The average Bonchev–Trinajstić information content (AvgIpc) is 2.93. The molecule has 3 rings (SSSR count). The van der Waals surface area contributed by atoms with Gasteiger partial charge in [-0.05, 0) is 36.5 Å². The first kappa shape index (κ1) is 10.8. The summed E-state index contributed by atoms with van der Waals surface area (Å²) in [7, 11) is 0. The third kappa shape index (κ3) is 1.64. The summed E-state index contributed by atoms with van der Waals surface area (Å²) >= 11 is 0. The smallest absolute Gasteiger partial charge is 0.354 e. The van der Waals surface area contributed by atoms with Crippen LogP contribution in [-0.4, -0.2) is 21.0 Å². The zero-order valence-corrected chi connectivity index (χ0v) is 9.73. The van der Waals surface area contributed by atoms with E-state index in [0.29, 0.717) is 5.69 Å². The van der Waals surface area contributed by atoms with E-state index in [0.717, 1.165) is 24.8 Å². The van der Waals surface area contributed by atoms with E-state index >= 15 is 0 Å². The van der Waals surface area contributed by atoms with Gasteiger partial charge in [0, 0.05) is 5.56 Å². The standard InChI is InChI=1S/C13H13N3O2/c14-13-15-10(11(16-13)12(17)18)9-5-4-7-2-1-3-8(7)6-9/h4-6H,1-3H2,(H,17,18)(H3,14,15,16). The number of nitrogens with zero attached hydrogens (tertiary/aromatic N) is 1. The molecule has 0 aliphatic heterocycles. The van der Waals surface area contributed by atoms with Gasteiger partial charge in [0.25, 0.3) is 0 Å². The monoisotopic (exact) mass is 243 g/mol. The minimum Gasteiger partial charge on any atom is -0.477 e. The van der Waals surface area contributed by atoms with Gasteiger partial charge < -0.3 is 15.8 Å². The van der Waals surface area contributed by atoms with Crippen molar-refractivity contribution >= 4 is 11.9 Å². The number of aromatic amines is 1. The SMILES string of the molecule is Nc1nc(-c2ccc3c(c2)CCC3)c(C(=O)O)[nH]1. The van der Waals surface area contributed by atoms with E-state index in [4.69, 9.17) is 10.8 Å². The molecule has 1 aliphatic rings. The average molecular weight is 243 g/mol. The molecule has 0 amide bonds. The van der Waals surface area contributed by atoms with Gasteiger partial charge in [0.2, 0.25) is 0 Å². The van der Waals surface area contributed by atoms with Crippen LogP contribution in [0, 0.1) is 0 Å². The fraction of sp³-hybridized carbons (Fsp3) is 0.231. The molecule has 1 heterocycles. The molecule has 5 heteroatoms. The Kier molecular flexibility index (Phi) is 2.33. The molecule has 0 spiro atoms. The van der Waals surface area contributed by atoms with Crippen LogP contribution in [0.4, 0.5) is 5.95 Å². The maximum atomic E-state index is 11.1. The van der Waals surface area contributed by atoms with Crippen molar-refractivity contribution in [3.63, 3.8) is 0 Å². The molecule has 0 fully saturated rings. The van der Waals surface area contributed by atoms with Gasteiger partial charge in [-0.2, -0.15) is 0 Å². The number of aromatic nitrogens is 2. The number of benzene rings is 1. The normalized spacial score (nSPS) is 13.6. The molecule has 0 saturated heterocycles. The number of anilines is 1. The third-order valence-electron chi connectivity index (χ3n) is 3.31. The molecule has 0 atom stereocenters. The number of carbonyl (C=O) groups is 1. The third-order valence-corrected chi connectivity index (χ3v) is 3.31. The van der Waals surface area contributed by atoms with Gasteiger partial charge in [0.05, 0.1) is 0 Å². The maximum Gasteiger partial charge on any atom is 0.354 e. The van der Waals surface area contributed by atoms with Crippen LogP contribution in [-0.2, 0) is 12.8 Å². The molecule has 1 aromatic carbocycles. The van der Waals surface area contributed by atoms with Gasteiger partial charge in [-0.1, -0.05) is 12.1 Å². The number of nitrogens with two attached hydrogens (primary N) is 1. The van der Waals surface area contributed by atoms with E-state index in [1.165, 1.54) is 11.1 Å². The second-order valence-corrected chi connectivity index (χ2v) is 4.49. The van der Waals surface area contributed by atoms with Crippen LogP contribution in [0.5, 0.6) is 0 Å². The van der Waals surface area contributed by atoms with Crippen LogP contribution in [0.15, 0.2) is 18.2 Å². The molecule has 4 N–H and O–H groups in total. The number of H-pyrrole nitrogens is 1. The highest BCUT2D eigenvalue weighted by Crippen LogP contribution is 2.29. The van der Waals surface area contributed by atoms with Crippen molar-refractivity contribution in [2.75, 3.05) is 5.73 Å². The van der Waals surface area contributed by atoms with Gasteiger partial charge in [-0.3, -0.25) is 0 Å². The van der Waals surface area contributed by atoms with Crippen LogP contribution in [0.25, 0.3) is 11.3 Å². The number of hydrogen-bond acceptors (Lipinski definition) is 3. The molecular weight excluding hydrogens is 230 g/mol. The molecule has 0 radical (unpaired) electrons. The van der Waals surface area contributed by atoms with Crippen molar-refractivity contribution < 1.29 is 9.90 Å². The van der Waals surface area contributed by atoms with Crippen LogP contribution in [0.3, 0.4) is 0 Å². The Morgan fingerprint density at radius 2 is 2.11 bits per heavy atom. The Hall–Kier alpha value is -2.30. The predicted molar refractivity (Wildman–Crippen MR) is 67.4 cm³/mol. The van der Waals surface area contributed by atoms with E-state index in [1.54, 1.807) is 0 Å². The van der Waals surface area contributed by atoms with E-state index in [1.807, 2.05) is 18.2 Å². The largest absolute Gasteiger partial charge is 0.477 e. The number of hydrogen-bond donors (Lipinski definition) is 3. The maximum absolute atomic E-state index is 11.1. The number of nitrogens with one attached hydrogen (secondary N) is 1. The summed E-state index contributed by atoms with van der Waals surface area (Å²) in [5.41, 5.74) is 9.43. The topological polar surface area (TPSA) is 92.0 Å². The zero-order chi connectivity index (χ0) is 12.7. The molecule has 1 aliphatic carbocycles. The van der Waals surface area contributed by atoms with Gasteiger partial charge in [0.15, 0.2) is 11.6 Å². The van der Waals surface area contributed by atoms with Crippen molar-refractivity contribution in [2.45, 2.75) is 19.3 Å². The quantitative estimate of drug-likeness (QED) is 0.750. The molecule has 5 nitrogen and oxygen atoms in total. The van der Waals surface area contributed by atoms with Crippen molar-refractivity contribution in [3.8, 4) is 11.3 Å². The zero-order valence-electron chi connectivity index (χ0n) is 9.73. The number of carboxylic acid groups (broad SMARTS) is 1. The lowest BCUT2D eigenvalue weighted by atomic mass is 10.0. The first-order valence-corrected chi connectivity index (χ1v) is 5.86. The second-order valence-electron chi connectivity index (χ2n) is 4.49. The Morgan fingerprint density at radius 3 is 2.89 bits per heavy atom. The van der Waals surface area contributed by atoms with E-state index in [9.17, 15) is 4.79 Å². The van der Waals surface area contributed by atoms with Gasteiger partial charge in [0.1, 0.15) is 5.69 Å². The molecule has 18 heavy (non-hydrogen) atoms. The summed E-state index contributed by atoms with van der Waals surface area (Å²) in [6.45, 7) is 0. The van der Waals surface area contributed by atoms with Crippen LogP contribution in [0.1, 0.15) is 28.0 Å². The van der Waals surface area contributed by atoms with E-state index in [2.05, 4.69) is 9.97 Å². The highest BCUT2D eigenvalue weighted by atomic mass is 16.4. The van der Waals surface area contributed by atoms with Gasteiger partial charge >= 0.3 is 5.97 Å². The molecule has 92 valence electrons. The van der Waals surface area contributed by atoms with Gasteiger partial charge in [-0.15, -0.1) is 0 Å². The molecule has 0 saturated carbocycles. The molecule has 2 aromatic rings. The number of aromatic carboxylic acids is 1. The summed E-state index contributed by atoms with van der Waals surface area (Å²) in [6.07, 6.45) is 3.31. The number of nitrogen functional groups attached to an aromatic ring is 1. The van der Waals surface area contributed by atoms with Gasteiger partial charge in [-0.25, -0.2) is 9.78 Å². The fourth-order valence-corrected chi connectivity index (χ4v) is 2.47. The summed E-state index contributed by atoms with van der Waals surface area (Å²) in [5, 5.41) is 9.11. The minimum atomic E-state index is -1.05. The Bertz CT molecular complexity index is 631. The Balaban J connectivity index is 2.12. The second kappa shape index (κ2) is 3.87. The Morgan fingerprint density at radius 1 is 1.33 bits per heavy atom. The lowest BCUT2D eigenvalue weighted by molar-refractivity contribution is 0.0692. The summed E-state index contributed by atoms with van der Waals surface area (Å²) in [4.78, 5) is 17.8. The first-order valence-electron chi connectivity index (χ1n) is 5.86. The highest BCUT2D eigenvalue weighted by molar-refractivity contribution is 5.93. The molecule has 0 unspecified atom stereocenters. The Labute approximate surface area is 104 Å². The van der Waals surface area contributed by atoms with Crippen molar-refractivity contribution in [1.82, 2.24) is 9.97 Å². The summed E-state index contributed by atoms with van der Waals surface area (Å²) < 4.78 is 0.